The minimum Gasteiger partial charge on any atom is -0.310 e. The first-order chi connectivity index (χ1) is 41.4. The van der Waals surface area contributed by atoms with Gasteiger partial charge >= 0.3 is 0 Å². The Balaban J connectivity index is 1.11. The largest absolute Gasteiger partial charge is 0.310 e. The second kappa shape index (κ2) is 20.2. The molecule has 0 saturated heterocycles. The molecule has 0 aliphatic heterocycles. The monoisotopic (exact) mass is 1110 g/mol. The van der Waals surface area contributed by atoms with Crippen molar-refractivity contribution in [2.45, 2.75) is 94.4 Å². The number of nitriles is 6. The average molecular weight is 1110 g/mol. The molecule has 13 rings (SSSR count). The summed E-state index contributed by atoms with van der Waals surface area (Å²) in [6.45, 7) is 23.1. The van der Waals surface area contributed by atoms with E-state index in [9.17, 15) is 31.6 Å². The highest BCUT2D eigenvalue weighted by molar-refractivity contribution is 6.10. The molecular weight excluding hydrogens is 1050 g/mol. The molecular formula is C77H59N9. The highest BCUT2D eigenvalue weighted by Crippen LogP contribution is 2.50. The number of benzene rings is 8. The molecule has 0 amide bonds. The van der Waals surface area contributed by atoms with Crippen LogP contribution in [0.4, 0.5) is 0 Å². The van der Waals surface area contributed by atoms with Gasteiger partial charge in [-0.25, -0.2) is 0 Å². The molecule has 0 fully saturated rings. The van der Waals surface area contributed by atoms with Crippen LogP contribution in [0.15, 0.2) is 121 Å². The highest BCUT2D eigenvalue weighted by atomic mass is 15.0. The zero-order valence-corrected chi connectivity index (χ0v) is 50.1. The second-order valence-corrected chi connectivity index (χ2v) is 24.2. The van der Waals surface area contributed by atoms with Gasteiger partial charge in [-0.1, -0.05) is 85.0 Å². The number of hydrogen-bond donors (Lipinski definition) is 0. The maximum Gasteiger partial charge on any atom is 0.101 e. The molecule has 3 atom stereocenters. The smallest absolute Gasteiger partial charge is 0.101 e. The van der Waals surface area contributed by atoms with E-state index in [0.29, 0.717) is 67.1 Å². The van der Waals surface area contributed by atoms with Crippen molar-refractivity contribution < 1.29 is 0 Å². The van der Waals surface area contributed by atoms with Crippen LogP contribution in [-0.2, 0) is 0 Å². The fourth-order valence-electron chi connectivity index (χ4n) is 14.8. The number of allylic oxidation sites excluding steroid dienone is 2. The Hall–Kier alpha value is -10.9. The minimum atomic E-state index is 0.0936. The van der Waals surface area contributed by atoms with Crippen molar-refractivity contribution in [1.82, 2.24) is 13.7 Å². The summed E-state index contributed by atoms with van der Waals surface area (Å²) in [5.41, 5.74) is 23.2. The molecule has 0 bridgehead atoms. The minimum absolute atomic E-state index is 0.0936. The SMILES string of the molecule is CC1=Cc2c(n(-c3c(C#N)cc(-c4c(C)c(-c5cc(C#N)c(-n6c7c(c8cc(C)ccc86)C(C)C(C)C=C7)c(C#N)c5)c(C)c(-c5cc(C#N)c(-n6c7ccc(C)cc7c7cc(C)ccc76)c(C#N)c5)c4C)cc3C#N)c3ccc(C)cc23)C(C)C1. The summed E-state index contributed by atoms with van der Waals surface area (Å²) in [5.74, 6) is 0.547. The fourth-order valence-corrected chi connectivity index (χ4v) is 14.8. The Morgan fingerprint density at radius 2 is 0.756 bits per heavy atom. The molecule has 8 aromatic carbocycles. The van der Waals surface area contributed by atoms with Crippen LogP contribution in [0.1, 0.15) is 141 Å². The van der Waals surface area contributed by atoms with Crippen molar-refractivity contribution in [3.05, 3.63) is 216 Å². The fraction of sp³-hybridized carbons (Fsp3) is 0.195. The van der Waals surface area contributed by atoms with Crippen LogP contribution in [0, 0.1) is 122 Å². The summed E-state index contributed by atoms with van der Waals surface area (Å²) in [5, 5.41) is 72.7. The number of nitrogens with zero attached hydrogens (tertiary/aromatic N) is 9. The van der Waals surface area contributed by atoms with Crippen molar-refractivity contribution in [2.75, 3.05) is 0 Å². The zero-order valence-electron chi connectivity index (χ0n) is 50.1. The van der Waals surface area contributed by atoms with Gasteiger partial charge in [-0.3, -0.25) is 0 Å². The predicted octanol–water partition coefficient (Wildman–Crippen LogP) is 18.7. The average Bonchev–Trinajstić information content (AvgIpc) is 1.45. The second-order valence-electron chi connectivity index (χ2n) is 24.2. The number of aryl methyl sites for hydroxylation is 4. The van der Waals surface area contributed by atoms with E-state index in [-0.39, 0.29) is 17.8 Å². The molecule has 3 unspecified atom stereocenters. The quantitative estimate of drug-likeness (QED) is 0.161. The molecule has 0 N–H and O–H groups in total. The summed E-state index contributed by atoms with van der Waals surface area (Å²) in [4.78, 5) is 0. The van der Waals surface area contributed by atoms with E-state index in [1.54, 1.807) is 0 Å². The lowest BCUT2D eigenvalue weighted by Gasteiger charge is -2.26. The number of fused-ring (bicyclic) bond motifs is 9. The Labute approximate surface area is 501 Å². The van der Waals surface area contributed by atoms with Crippen LogP contribution in [-0.4, -0.2) is 13.7 Å². The normalized spacial score (nSPS) is 15.2. The third-order valence-electron chi connectivity index (χ3n) is 18.6. The first kappa shape index (κ1) is 54.3. The summed E-state index contributed by atoms with van der Waals surface area (Å²) in [6.07, 6.45) is 7.40. The van der Waals surface area contributed by atoms with Crippen LogP contribution in [0.5, 0.6) is 0 Å². The Morgan fingerprint density at radius 3 is 1.16 bits per heavy atom. The molecule has 11 aromatic rings. The van der Waals surface area contributed by atoms with Gasteiger partial charge in [0.15, 0.2) is 0 Å². The topological polar surface area (TPSA) is 158 Å². The van der Waals surface area contributed by atoms with Gasteiger partial charge in [0.05, 0.1) is 78.2 Å². The van der Waals surface area contributed by atoms with Gasteiger partial charge in [0.25, 0.3) is 0 Å². The lowest BCUT2D eigenvalue weighted by Crippen LogP contribution is -2.12. The Morgan fingerprint density at radius 1 is 0.407 bits per heavy atom. The van der Waals surface area contributed by atoms with E-state index in [0.717, 1.165) is 123 Å². The molecule has 0 radical (unpaired) electrons. The van der Waals surface area contributed by atoms with E-state index in [1.807, 2.05) is 73.9 Å². The van der Waals surface area contributed by atoms with E-state index in [1.165, 1.54) is 11.1 Å². The van der Waals surface area contributed by atoms with Crippen molar-refractivity contribution >= 4 is 55.8 Å². The van der Waals surface area contributed by atoms with Gasteiger partial charge in [0, 0.05) is 38.7 Å². The zero-order chi connectivity index (χ0) is 60.5. The van der Waals surface area contributed by atoms with E-state index in [4.69, 9.17) is 0 Å². The van der Waals surface area contributed by atoms with Crippen LogP contribution in [0.3, 0.4) is 0 Å². The Kier molecular flexibility index (Phi) is 12.7. The van der Waals surface area contributed by atoms with Crippen molar-refractivity contribution in [1.29, 1.82) is 31.6 Å². The molecule has 0 saturated carbocycles. The van der Waals surface area contributed by atoms with Gasteiger partial charge in [-0.15, -0.1) is 0 Å². The van der Waals surface area contributed by atoms with Crippen molar-refractivity contribution in [3.63, 3.8) is 0 Å². The maximum absolute atomic E-state index is 11.4. The molecule has 9 heteroatoms. The van der Waals surface area contributed by atoms with Gasteiger partial charge in [0.2, 0.25) is 0 Å². The summed E-state index contributed by atoms with van der Waals surface area (Å²) >= 11 is 0. The number of aromatic nitrogens is 3. The van der Waals surface area contributed by atoms with Gasteiger partial charge in [0.1, 0.15) is 36.4 Å². The van der Waals surface area contributed by atoms with Gasteiger partial charge in [-0.2, -0.15) is 31.6 Å². The molecule has 0 spiro atoms. The summed E-state index contributed by atoms with van der Waals surface area (Å²) in [7, 11) is 0. The van der Waals surface area contributed by atoms with Gasteiger partial charge < -0.3 is 13.7 Å². The van der Waals surface area contributed by atoms with Crippen molar-refractivity contribution in [3.8, 4) is 86.9 Å². The molecule has 3 aromatic heterocycles. The van der Waals surface area contributed by atoms with Crippen LogP contribution < -0.4 is 0 Å². The maximum atomic E-state index is 11.4. The molecule has 86 heavy (non-hydrogen) atoms. The molecule has 9 nitrogen and oxygen atoms in total. The lowest BCUT2D eigenvalue weighted by atomic mass is 9.79. The van der Waals surface area contributed by atoms with E-state index >= 15 is 0 Å². The van der Waals surface area contributed by atoms with Crippen LogP contribution >= 0.6 is 0 Å². The van der Waals surface area contributed by atoms with Crippen LogP contribution in [0.25, 0.3) is 106 Å². The first-order valence-corrected chi connectivity index (χ1v) is 29.2. The van der Waals surface area contributed by atoms with Gasteiger partial charge in [-0.05, 0) is 220 Å². The Bertz CT molecular complexity index is 5080. The highest BCUT2D eigenvalue weighted by Gasteiger charge is 2.33. The van der Waals surface area contributed by atoms with Crippen LogP contribution in [0.2, 0.25) is 0 Å². The third-order valence-corrected chi connectivity index (χ3v) is 18.6. The standard InChI is InChI=1S/C77H59N9/c1-40-12-17-65-60(23-40)61-24-41(2)13-18-66(61)84(65)75-54(34-78)28-51(29-55(75)35-79)70-48(9)71(52-30-56(36-80)76(57(31-52)37-81)85-68-20-15-43(4)26-64(68)73-47(8)45(6)16-21-69(73)85)50(11)72(49(70)10)53-32-58(38-82)77(59(33-53)39-83)86-67-19-14-42(3)25-62(67)63-27-44(5)22-46(7)74(63)86/h12-21,23-33,45-47H,22H2,1-11H3. The molecule has 412 valence electrons. The third kappa shape index (κ3) is 7.98. The molecule has 2 aliphatic carbocycles. The summed E-state index contributed by atoms with van der Waals surface area (Å²) in [6, 6.07) is 51.6. The van der Waals surface area contributed by atoms with E-state index in [2.05, 4.69) is 180 Å². The van der Waals surface area contributed by atoms with E-state index < -0.39 is 0 Å². The first-order valence-electron chi connectivity index (χ1n) is 29.2. The van der Waals surface area contributed by atoms with Crippen molar-refractivity contribution in [2.24, 2.45) is 5.92 Å². The summed E-state index contributed by atoms with van der Waals surface area (Å²) < 4.78 is 6.25. The number of hydrogen-bond acceptors (Lipinski definition) is 6. The molecule has 3 heterocycles. The number of rotatable bonds is 6. The molecule has 2 aliphatic rings. The lowest BCUT2D eigenvalue weighted by molar-refractivity contribution is 0.587. The predicted molar refractivity (Wildman–Crippen MR) is 346 cm³/mol.